The summed E-state index contributed by atoms with van der Waals surface area (Å²) in [4.78, 5) is 0. The second-order valence-corrected chi connectivity index (χ2v) is 8.71. The fraction of sp³-hybridized carbons (Fsp3) is 0.905. The van der Waals surface area contributed by atoms with E-state index in [1.54, 1.807) is 5.57 Å². The third-order valence-electron chi connectivity index (χ3n) is 6.12. The smallest absolute Gasteiger partial charge is 0.0257 e. The zero-order valence-electron chi connectivity index (χ0n) is 15.8. The summed E-state index contributed by atoms with van der Waals surface area (Å²) in [5.41, 5.74) is 2.27. The number of rotatable bonds is 7. The number of allylic oxidation sites excluding steroid dienone is 2. The van der Waals surface area contributed by atoms with Crippen LogP contribution in [-0.4, -0.2) is 0 Å². The summed E-state index contributed by atoms with van der Waals surface area (Å²) < 4.78 is 0. The van der Waals surface area contributed by atoms with E-state index in [9.17, 15) is 0 Å². The minimum Gasteiger partial charge on any atom is -0.0825 e. The molecule has 0 aromatic rings. The average molecular weight is 293 g/mol. The van der Waals surface area contributed by atoms with Gasteiger partial charge in [0.15, 0.2) is 0 Å². The first-order valence-electron chi connectivity index (χ1n) is 9.46. The Labute approximate surface area is 134 Å². The topological polar surface area (TPSA) is 0 Å². The maximum absolute atomic E-state index is 2.62. The van der Waals surface area contributed by atoms with Crippen molar-refractivity contribution < 1.29 is 0 Å². The van der Waals surface area contributed by atoms with Crippen LogP contribution < -0.4 is 0 Å². The molecule has 0 heteroatoms. The van der Waals surface area contributed by atoms with Crippen LogP contribution >= 0.6 is 0 Å². The monoisotopic (exact) mass is 292 g/mol. The van der Waals surface area contributed by atoms with Crippen LogP contribution in [-0.2, 0) is 0 Å². The maximum Gasteiger partial charge on any atom is -0.0257 e. The lowest BCUT2D eigenvalue weighted by Gasteiger charge is -2.36. The molecule has 0 amide bonds. The van der Waals surface area contributed by atoms with Gasteiger partial charge in [0.05, 0.1) is 0 Å². The van der Waals surface area contributed by atoms with E-state index < -0.39 is 0 Å². The van der Waals surface area contributed by atoms with Crippen molar-refractivity contribution in [2.45, 2.75) is 93.4 Å². The Kier molecular flexibility index (Phi) is 7.51. The largest absolute Gasteiger partial charge is 0.0825 e. The van der Waals surface area contributed by atoms with Gasteiger partial charge in [-0.2, -0.15) is 0 Å². The van der Waals surface area contributed by atoms with Crippen LogP contribution in [0.5, 0.6) is 0 Å². The molecule has 0 bridgehead atoms. The molecule has 1 aliphatic rings. The molecule has 4 unspecified atom stereocenters. The SMILES string of the molecule is CCC(C)(CC(C)CC(C)/C=C1\CCCC(C)C1)C(C)C. The Morgan fingerprint density at radius 3 is 2.43 bits per heavy atom. The number of hydrogen-bond acceptors (Lipinski definition) is 0. The Bertz CT molecular complexity index is 325. The van der Waals surface area contributed by atoms with E-state index in [4.69, 9.17) is 0 Å². The van der Waals surface area contributed by atoms with Crippen LogP contribution in [0, 0.1) is 29.1 Å². The van der Waals surface area contributed by atoms with Gasteiger partial charge in [0.2, 0.25) is 0 Å². The van der Waals surface area contributed by atoms with Gasteiger partial charge in [0, 0.05) is 0 Å². The third kappa shape index (κ3) is 6.17. The molecule has 21 heavy (non-hydrogen) atoms. The summed E-state index contributed by atoms with van der Waals surface area (Å²) in [6.45, 7) is 16.9. The molecular formula is C21H40. The molecule has 1 rings (SSSR count). The van der Waals surface area contributed by atoms with Crippen LogP contribution in [0.15, 0.2) is 11.6 Å². The molecular weight excluding hydrogens is 252 g/mol. The average Bonchev–Trinajstić information content (AvgIpc) is 2.37. The summed E-state index contributed by atoms with van der Waals surface area (Å²) in [7, 11) is 0. The van der Waals surface area contributed by atoms with Gasteiger partial charge in [-0.15, -0.1) is 0 Å². The van der Waals surface area contributed by atoms with Gasteiger partial charge < -0.3 is 0 Å². The van der Waals surface area contributed by atoms with E-state index in [0.717, 1.165) is 23.7 Å². The Balaban J connectivity index is 2.50. The second-order valence-electron chi connectivity index (χ2n) is 8.71. The quantitative estimate of drug-likeness (QED) is 0.433. The van der Waals surface area contributed by atoms with Crippen molar-refractivity contribution in [2.24, 2.45) is 29.1 Å². The van der Waals surface area contributed by atoms with Crippen molar-refractivity contribution in [2.75, 3.05) is 0 Å². The van der Waals surface area contributed by atoms with E-state index in [-0.39, 0.29) is 0 Å². The first-order chi connectivity index (χ1) is 9.76. The summed E-state index contributed by atoms with van der Waals surface area (Å²) >= 11 is 0. The minimum absolute atomic E-state index is 0.519. The molecule has 124 valence electrons. The molecule has 0 N–H and O–H groups in total. The van der Waals surface area contributed by atoms with E-state index in [0.29, 0.717) is 5.41 Å². The zero-order valence-corrected chi connectivity index (χ0v) is 15.8. The van der Waals surface area contributed by atoms with E-state index >= 15 is 0 Å². The number of hydrogen-bond donors (Lipinski definition) is 0. The Morgan fingerprint density at radius 1 is 1.24 bits per heavy atom. The van der Waals surface area contributed by atoms with Crippen molar-refractivity contribution in [3.63, 3.8) is 0 Å². The van der Waals surface area contributed by atoms with Gasteiger partial charge in [-0.25, -0.2) is 0 Å². The molecule has 4 atom stereocenters. The molecule has 1 fully saturated rings. The zero-order chi connectivity index (χ0) is 16.0. The molecule has 0 aliphatic heterocycles. The van der Waals surface area contributed by atoms with E-state index in [1.807, 2.05) is 0 Å². The van der Waals surface area contributed by atoms with Gasteiger partial charge in [0.25, 0.3) is 0 Å². The highest BCUT2D eigenvalue weighted by Crippen LogP contribution is 2.39. The first-order valence-corrected chi connectivity index (χ1v) is 9.46. The van der Waals surface area contributed by atoms with Crippen LogP contribution in [0.1, 0.15) is 93.4 Å². The highest BCUT2D eigenvalue weighted by atomic mass is 14.3. The highest BCUT2D eigenvalue weighted by Gasteiger charge is 2.28. The molecule has 0 aromatic carbocycles. The molecule has 1 saturated carbocycles. The van der Waals surface area contributed by atoms with Gasteiger partial charge in [-0.05, 0) is 61.2 Å². The second kappa shape index (κ2) is 8.39. The highest BCUT2D eigenvalue weighted by molar-refractivity contribution is 5.07. The molecule has 0 saturated heterocycles. The van der Waals surface area contributed by atoms with Crippen molar-refractivity contribution in [1.82, 2.24) is 0 Å². The van der Waals surface area contributed by atoms with Crippen LogP contribution in [0.3, 0.4) is 0 Å². The van der Waals surface area contributed by atoms with Crippen LogP contribution in [0.4, 0.5) is 0 Å². The lowest BCUT2D eigenvalue weighted by Crippen LogP contribution is -2.25. The van der Waals surface area contributed by atoms with Crippen molar-refractivity contribution in [3.05, 3.63) is 11.6 Å². The maximum atomic E-state index is 2.62. The van der Waals surface area contributed by atoms with Crippen molar-refractivity contribution >= 4 is 0 Å². The van der Waals surface area contributed by atoms with Crippen LogP contribution in [0.25, 0.3) is 0 Å². The van der Waals surface area contributed by atoms with Gasteiger partial charge in [-0.3, -0.25) is 0 Å². The molecule has 0 radical (unpaired) electrons. The molecule has 0 heterocycles. The van der Waals surface area contributed by atoms with E-state index in [1.165, 1.54) is 44.9 Å². The van der Waals surface area contributed by atoms with Gasteiger partial charge in [0.1, 0.15) is 0 Å². The van der Waals surface area contributed by atoms with E-state index in [2.05, 4.69) is 54.5 Å². The lowest BCUT2D eigenvalue weighted by molar-refractivity contribution is 0.152. The van der Waals surface area contributed by atoms with Gasteiger partial charge in [-0.1, -0.05) is 73.0 Å². The third-order valence-corrected chi connectivity index (χ3v) is 6.12. The van der Waals surface area contributed by atoms with Gasteiger partial charge >= 0.3 is 0 Å². The summed E-state index contributed by atoms with van der Waals surface area (Å²) in [5.74, 6) is 3.30. The normalized spacial score (nSPS) is 27.6. The van der Waals surface area contributed by atoms with Crippen LogP contribution in [0.2, 0.25) is 0 Å². The summed E-state index contributed by atoms with van der Waals surface area (Å²) in [6, 6.07) is 0. The summed E-state index contributed by atoms with van der Waals surface area (Å²) in [6.07, 6.45) is 12.2. The predicted octanol–water partition coefficient (Wildman–Crippen LogP) is 7.25. The minimum atomic E-state index is 0.519. The Morgan fingerprint density at radius 2 is 1.90 bits per heavy atom. The van der Waals surface area contributed by atoms with Crippen molar-refractivity contribution in [3.8, 4) is 0 Å². The lowest BCUT2D eigenvalue weighted by atomic mass is 9.70. The predicted molar refractivity (Wildman–Crippen MR) is 96.5 cm³/mol. The standard InChI is InChI=1S/C21H40/c1-8-21(7,16(2)3)15-19(6)12-18(5)14-20-11-9-10-17(4)13-20/h14,16-19H,8-13,15H2,1-7H3/b20-14+. The Hall–Kier alpha value is -0.260. The molecule has 0 nitrogen and oxygen atoms in total. The summed E-state index contributed by atoms with van der Waals surface area (Å²) in [5, 5.41) is 0. The fourth-order valence-corrected chi connectivity index (χ4v) is 4.25. The first kappa shape index (κ1) is 18.8. The van der Waals surface area contributed by atoms with Crippen molar-refractivity contribution in [1.29, 1.82) is 0 Å². The fourth-order valence-electron chi connectivity index (χ4n) is 4.25. The molecule has 0 aromatic heterocycles. The molecule has 0 spiro atoms. The molecule has 1 aliphatic carbocycles.